The summed E-state index contributed by atoms with van der Waals surface area (Å²) >= 11 is 0. The highest BCUT2D eigenvalue weighted by atomic mass is 16.5. The van der Waals surface area contributed by atoms with Crippen LogP contribution in [0, 0.1) is 22.7 Å². The molecule has 334 valence electrons. The molecular weight excluding hydrogens is 765 g/mol. The molecule has 0 atom stereocenters. The van der Waals surface area contributed by atoms with Crippen molar-refractivity contribution in [3.05, 3.63) is 59.7 Å². The fraction of sp³-hybridized carbons (Fsp3) is 0.571. The lowest BCUT2D eigenvalue weighted by Gasteiger charge is -2.20. The highest BCUT2D eigenvalue weighted by Gasteiger charge is 2.19. The first-order chi connectivity index (χ1) is 30.6. The first-order valence-corrected chi connectivity index (χ1v) is 24.9. The van der Waals surface area contributed by atoms with Crippen molar-refractivity contribution in [3.8, 4) is 35.1 Å². The molecule has 0 aliphatic rings. The molecular formula is C56H76N2O4. The minimum absolute atomic E-state index is 0.385. The van der Waals surface area contributed by atoms with E-state index in [1.165, 1.54) is 103 Å². The molecule has 0 bridgehead atoms. The second-order valence-electron chi connectivity index (χ2n) is 17.5. The summed E-state index contributed by atoms with van der Waals surface area (Å²) in [6, 6.07) is 21.3. The van der Waals surface area contributed by atoms with Gasteiger partial charge < -0.3 is 18.9 Å². The Bertz CT molecular complexity index is 2060. The Kier molecular flexibility index (Phi) is 21.4. The predicted molar refractivity (Wildman–Crippen MR) is 261 cm³/mol. The highest BCUT2D eigenvalue weighted by Crippen LogP contribution is 2.46. The SMILES string of the molecule is CCCCCCCCOc1cc2c3cc(OCCCCCCCC)c(OCCCCCCCC)cc3c3cc4cc(C#N)c(C#N)cc4cc3c2cc1OCCCCCCCC. The maximum absolute atomic E-state index is 9.98. The van der Waals surface area contributed by atoms with E-state index in [0.717, 1.165) is 117 Å². The van der Waals surface area contributed by atoms with Crippen LogP contribution in [0.4, 0.5) is 0 Å². The number of nitriles is 2. The number of unbranched alkanes of at least 4 members (excludes halogenated alkanes) is 20. The lowest BCUT2D eigenvalue weighted by Crippen LogP contribution is -2.04. The molecule has 62 heavy (non-hydrogen) atoms. The second-order valence-corrected chi connectivity index (χ2v) is 17.5. The molecule has 0 saturated heterocycles. The van der Waals surface area contributed by atoms with Crippen molar-refractivity contribution in [3.63, 3.8) is 0 Å². The zero-order valence-corrected chi connectivity index (χ0v) is 38.9. The van der Waals surface area contributed by atoms with Crippen LogP contribution in [0.1, 0.15) is 193 Å². The summed E-state index contributed by atoms with van der Waals surface area (Å²) in [4.78, 5) is 0. The minimum atomic E-state index is 0.385. The van der Waals surface area contributed by atoms with Gasteiger partial charge in [-0.15, -0.1) is 0 Å². The van der Waals surface area contributed by atoms with E-state index in [-0.39, 0.29) is 0 Å². The second kappa shape index (κ2) is 27.4. The van der Waals surface area contributed by atoms with Crippen LogP contribution in [0.2, 0.25) is 0 Å². The zero-order chi connectivity index (χ0) is 43.8. The molecule has 5 aromatic rings. The van der Waals surface area contributed by atoms with Crippen molar-refractivity contribution in [2.75, 3.05) is 26.4 Å². The van der Waals surface area contributed by atoms with Gasteiger partial charge in [0.05, 0.1) is 37.6 Å². The fourth-order valence-electron chi connectivity index (χ4n) is 8.70. The third-order valence-corrected chi connectivity index (χ3v) is 12.4. The van der Waals surface area contributed by atoms with Crippen molar-refractivity contribution in [1.82, 2.24) is 0 Å². The van der Waals surface area contributed by atoms with Crippen molar-refractivity contribution in [2.24, 2.45) is 0 Å². The fourth-order valence-corrected chi connectivity index (χ4v) is 8.70. The van der Waals surface area contributed by atoms with Crippen LogP contribution in [0.3, 0.4) is 0 Å². The molecule has 0 spiro atoms. The van der Waals surface area contributed by atoms with Crippen LogP contribution in [0.15, 0.2) is 48.5 Å². The summed E-state index contributed by atoms with van der Waals surface area (Å²) in [6.45, 7) is 11.6. The number of ether oxygens (including phenoxy) is 4. The number of fused-ring (bicyclic) bond motifs is 7. The summed E-state index contributed by atoms with van der Waals surface area (Å²) in [6.07, 6.45) is 28.7. The summed E-state index contributed by atoms with van der Waals surface area (Å²) < 4.78 is 26.7. The number of hydrogen-bond donors (Lipinski definition) is 0. The van der Waals surface area contributed by atoms with E-state index in [4.69, 9.17) is 18.9 Å². The van der Waals surface area contributed by atoms with Crippen LogP contribution in [0.5, 0.6) is 23.0 Å². The van der Waals surface area contributed by atoms with Gasteiger partial charge in [-0.1, -0.05) is 156 Å². The summed E-state index contributed by atoms with van der Waals surface area (Å²) in [5.74, 6) is 3.10. The Labute approximate surface area is 374 Å². The zero-order valence-electron chi connectivity index (χ0n) is 38.9. The molecule has 6 nitrogen and oxygen atoms in total. The molecule has 0 radical (unpaired) electrons. The molecule has 0 aliphatic heterocycles. The molecule has 0 fully saturated rings. The smallest absolute Gasteiger partial charge is 0.161 e. The lowest BCUT2D eigenvalue weighted by atomic mass is 9.90. The molecule has 0 saturated carbocycles. The Hall–Kier alpha value is -4.68. The summed E-state index contributed by atoms with van der Waals surface area (Å²) in [5, 5.41) is 28.2. The maximum Gasteiger partial charge on any atom is 0.161 e. The quantitative estimate of drug-likeness (QED) is 0.0244. The normalized spacial score (nSPS) is 11.4. The number of hydrogen-bond acceptors (Lipinski definition) is 6. The van der Waals surface area contributed by atoms with Crippen molar-refractivity contribution >= 4 is 43.1 Å². The van der Waals surface area contributed by atoms with Crippen molar-refractivity contribution in [1.29, 1.82) is 10.5 Å². The van der Waals surface area contributed by atoms with Gasteiger partial charge in [-0.3, -0.25) is 0 Å². The number of benzene rings is 5. The van der Waals surface area contributed by atoms with Gasteiger partial charge in [-0.05, 0) is 117 Å². The Morgan fingerprint density at radius 2 is 0.532 bits per heavy atom. The van der Waals surface area contributed by atoms with Gasteiger partial charge in [0.1, 0.15) is 12.1 Å². The molecule has 0 aliphatic carbocycles. The van der Waals surface area contributed by atoms with E-state index in [0.29, 0.717) is 37.6 Å². The first-order valence-electron chi connectivity index (χ1n) is 24.9. The van der Waals surface area contributed by atoms with Crippen molar-refractivity contribution < 1.29 is 18.9 Å². The van der Waals surface area contributed by atoms with E-state index in [2.05, 4.69) is 76.2 Å². The largest absolute Gasteiger partial charge is 0.490 e. The van der Waals surface area contributed by atoms with Crippen LogP contribution >= 0.6 is 0 Å². The molecule has 0 amide bonds. The minimum Gasteiger partial charge on any atom is -0.490 e. The van der Waals surface area contributed by atoms with Crippen LogP contribution in [0.25, 0.3) is 43.1 Å². The predicted octanol–water partition coefficient (Wildman–Crippen LogP) is 17.0. The topological polar surface area (TPSA) is 84.5 Å². The van der Waals surface area contributed by atoms with Crippen molar-refractivity contribution in [2.45, 2.75) is 182 Å². The van der Waals surface area contributed by atoms with Gasteiger partial charge in [0.25, 0.3) is 0 Å². The molecule has 6 heteroatoms. The van der Waals surface area contributed by atoms with E-state index in [9.17, 15) is 10.5 Å². The third kappa shape index (κ3) is 14.2. The van der Waals surface area contributed by atoms with Gasteiger partial charge in [-0.2, -0.15) is 10.5 Å². The number of nitrogens with zero attached hydrogens (tertiary/aromatic N) is 2. The number of rotatable bonds is 32. The van der Waals surface area contributed by atoms with Gasteiger partial charge in [-0.25, -0.2) is 0 Å². The van der Waals surface area contributed by atoms with Crippen LogP contribution < -0.4 is 18.9 Å². The molecule has 0 aromatic heterocycles. The average molecular weight is 841 g/mol. The summed E-state index contributed by atoms with van der Waals surface area (Å²) in [7, 11) is 0. The third-order valence-electron chi connectivity index (χ3n) is 12.4. The van der Waals surface area contributed by atoms with Gasteiger partial charge in [0, 0.05) is 0 Å². The molecule has 0 N–H and O–H groups in total. The standard InChI is InChI=1S/C56H76N2O4/c1-5-9-13-17-21-25-29-59-53-37-49-47-35-43-33-45(41-57)46(42-58)34-44(43)36-48(47)50-38-54(60-30-26-22-18-14-10-6-2)56(62-32-28-24-20-16-12-8-4)40-52(50)51(49)39-55(53)61-31-27-23-19-15-11-7-3/h33-40H,5-32H2,1-4H3. The van der Waals surface area contributed by atoms with E-state index in [1.807, 2.05) is 12.1 Å². The van der Waals surface area contributed by atoms with E-state index in [1.54, 1.807) is 0 Å². The highest BCUT2D eigenvalue weighted by molar-refractivity contribution is 6.28. The summed E-state index contributed by atoms with van der Waals surface area (Å²) in [5.41, 5.74) is 0.769. The average Bonchev–Trinajstić information content (AvgIpc) is 3.29. The van der Waals surface area contributed by atoms with Gasteiger partial charge in [0.15, 0.2) is 23.0 Å². The molecule has 5 aromatic carbocycles. The lowest BCUT2D eigenvalue weighted by molar-refractivity contribution is 0.259. The van der Waals surface area contributed by atoms with E-state index >= 15 is 0 Å². The van der Waals surface area contributed by atoms with Crippen LogP contribution in [-0.2, 0) is 0 Å². The van der Waals surface area contributed by atoms with Crippen LogP contribution in [-0.4, -0.2) is 26.4 Å². The monoisotopic (exact) mass is 841 g/mol. The molecule has 0 heterocycles. The molecule has 0 unspecified atom stereocenters. The van der Waals surface area contributed by atoms with Gasteiger partial charge >= 0.3 is 0 Å². The Balaban J connectivity index is 1.63. The Morgan fingerprint density at radius 1 is 0.306 bits per heavy atom. The van der Waals surface area contributed by atoms with E-state index < -0.39 is 0 Å². The Morgan fingerprint density at radius 3 is 0.774 bits per heavy atom. The molecule has 5 rings (SSSR count). The maximum atomic E-state index is 9.98. The first kappa shape index (κ1) is 48.4. The van der Waals surface area contributed by atoms with Gasteiger partial charge in [0.2, 0.25) is 0 Å².